The Kier molecular flexibility index (Phi) is 2.24. The third-order valence-electron chi connectivity index (χ3n) is 1.64. The van der Waals surface area contributed by atoms with E-state index in [1.54, 1.807) is 12.2 Å². The normalized spacial score (nSPS) is 21.8. The number of allylic oxidation sites excluding steroid dienone is 4. The van der Waals surface area contributed by atoms with Crippen LogP contribution in [0.2, 0.25) is 0 Å². The first kappa shape index (κ1) is 8.46. The van der Waals surface area contributed by atoms with Crippen molar-refractivity contribution in [1.29, 1.82) is 0 Å². The van der Waals surface area contributed by atoms with E-state index in [2.05, 4.69) is 6.58 Å². The van der Waals surface area contributed by atoms with E-state index in [0.717, 1.165) is 0 Å². The molecule has 0 heterocycles. The second-order valence-electron chi connectivity index (χ2n) is 2.49. The third kappa shape index (κ3) is 1.50. The van der Waals surface area contributed by atoms with Gasteiger partial charge < -0.3 is 5.73 Å². The molecule has 1 aliphatic carbocycles. The van der Waals surface area contributed by atoms with E-state index in [0.29, 0.717) is 5.57 Å². The first-order valence-corrected chi connectivity index (χ1v) is 3.50. The zero-order chi connectivity index (χ0) is 9.14. The number of carbonyl (C=O) groups excluding carboxylic acids is 2. The summed E-state index contributed by atoms with van der Waals surface area (Å²) in [5.41, 5.74) is 5.68. The van der Waals surface area contributed by atoms with E-state index in [1.807, 2.05) is 0 Å². The molecule has 0 aliphatic heterocycles. The van der Waals surface area contributed by atoms with Crippen molar-refractivity contribution in [1.82, 2.24) is 0 Å². The Morgan fingerprint density at radius 2 is 2.33 bits per heavy atom. The van der Waals surface area contributed by atoms with Crippen LogP contribution in [0.25, 0.3) is 0 Å². The highest BCUT2D eigenvalue weighted by atomic mass is 16.2. The smallest absolute Gasteiger partial charge is 0.232 e. The molecule has 3 nitrogen and oxygen atoms in total. The lowest BCUT2D eigenvalue weighted by molar-refractivity contribution is -0.127. The molecule has 1 rings (SSSR count). The molecule has 0 bridgehead atoms. The molecule has 1 unspecified atom stereocenters. The molecule has 62 valence electrons. The molecule has 2 N–H and O–H groups in total. The Morgan fingerprint density at radius 3 is 2.75 bits per heavy atom. The Morgan fingerprint density at radius 1 is 1.67 bits per heavy atom. The van der Waals surface area contributed by atoms with E-state index in [4.69, 9.17) is 5.73 Å². The van der Waals surface area contributed by atoms with Crippen molar-refractivity contribution in [3.05, 3.63) is 36.5 Å². The van der Waals surface area contributed by atoms with Gasteiger partial charge in [-0.15, -0.1) is 0 Å². The Bertz CT molecular complexity index is 300. The summed E-state index contributed by atoms with van der Waals surface area (Å²) in [6, 6.07) is 0. The molecule has 1 aliphatic rings. The standard InChI is InChI=1S/C9H9NO2/c1-2-6-3-4-7(9(10)12)8(11)5-6/h2-5,7H,1H2,(H2,10,12). The van der Waals surface area contributed by atoms with Gasteiger partial charge in [-0.3, -0.25) is 9.59 Å². The maximum atomic E-state index is 11.1. The number of hydrogen-bond donors (Lipinski definition) is 1. The van der Waals surface area contributed by atoms with Crippen LogP contribution >= 0.6 is 0 Å². The Balaban J connectivity index is 2.88. The number of ketones is 1. The first-order chi connectivity index (χ1) is 5.65. The Hall–Kier alpha value is -1.64. The summed E-state index contributed by atoms with van der Waals surface area (Å²) in [7, 11) is 0. The highest BCUT2D eigenvalue weighted by Gasteiger charge is 2.21. The molecule has 3 heteroatoms. The molecule has 0 spiro atoms. The van der Waals surface area contributed by atoms with Gasteiger partial charge >= 0.3 is 0 Å². The quantitative estimate of drug-likeness (QED) is 0.596. The fourth-order valence-corrected chi connectivity index (χ4v) is 0.966. The predicted octanol–water partition coefficient (Wildman–Crippen LogP) is 0.339. The van der Waals surface area contributed by atoms with Crippen LogP contribution in [0.15, 0.2) is 36.5 Å². The van der Waals surface area contributed by atoms with Crippen LogP contribution in [0.5, 0.6) is 0 Å². The average Bonchev–Trinajstić information content (AvgIpc) is 2.03. The van der Waals surface area contributed by atoms with Crippen LogP contribution < -0.4 is 5.73 Å². The lowest BCUT2D eigenvalue weighted by Crippen LogP contribution is -2.29. The van der Waals surface area contributed by atoms with E-state index >= 15 is 0 Å². The SMILES string of the molecule is C=CC1=CC(=O)C(C(N)=O)C=C1. The molecule has 0 aromatic carbocycles. The van der Waals surface area contributed by atoms with E-state index in [-0.39, 0.29) is 5.78 Å². The zero-order valence-corrected chi connectivity index (χ0v) is 6.49. The van der Waals surface area contributed by atoms with Gasteiger partial charge in [-0.2, -0.15) is 0 Å². The lowest BCUT2D eigenvalue weighted by atomic mass is 9.95. The molecule has 1 atom stereocenters. The van der Waals surface area contributed by atoms with Gasteiger partial charge in [-0.05, 0) is 11.6 Å². The van der Waals surface area contributed by atoms with Crippen molar-refractivity contribution in [2.45, 2.75) is 0 Å². The summed E-state index contributed by atoms with van der Waals surface area (Å²) in [4.78, 5) is 21.8. The highest BCUT2D eigenvalue weighted by molar-refractivity contribution is 6.09. The number of carbonyl (C=O) groups is 2. The monoisotopic (exact) mass is 163 g/mol. The molecule has 0 saturated carbocycles. The first-order valence-electron chi connectivity index (χ1n) is 3.50. The van der Waals surface area contributed by atoms with Crippen LogP contribution in [0, 0.1) is 5.92 Å². The minimum Gasteiger partial charge on any atom is -0.369 e. The van der Waals surface area contributed by atoms with Gasteiger partial charge in [0.1, 0.15) is 5.92 Å². The van der Waals surface area contributed by atoms with Crippen LogP contribution in [0.3, 0.4) is 0 Å². The van der Waals surface area contributed by atoms with Gasteiger partial charge in [-0.25, -0.2) is 0 Å². The Labute approximate surface area is 70.2 Å². The highest BCUT2D eigenvalue weighted by Crippen LogP contribution is 2.12. The average molecular weight is 163 g/mol. The van der Waals surface area contributed by atoms with Gasteiger partial charge in [0.2, 0.25) is 5.91 Å². The second-order valence-corrected chi connectivity index (χ2v) is 2.49. The van der Waals surface area contributed by atoms with E-state index in [9.17, 15) is 9.59 Å². The number of nitrogens with two attached hydrogens (primary N) is 1. The van der Waals surface area contributed by atoms with E-state index in [1.165, 1.54) is 12.2 Å². The molecule has 0 aromatic rings. The van der Waals surface area contributed by atoms with Gasteiger partial charge in [0.15, 0.2) is 5.78 Å². The largest absolute Gasteiger partial charge is 0.369 e. The molecular formula is C9H9NO2. The third-order valence-corrected chi connectivity index (χ3v) is 1.64. The summed E-state index contributed by atoms with van der Waals surface area (Å²) in [6.07, 6.45) is 6.06. The minimum absolute atomic E-state index is 0.278. The maximum absolute atomic E-state index is 11.1. The van der Waals surface area contributed by atoms with Gasteiger partial charge in [0.25, 0.3) is 0 Å². The van der Waals surface area contributed by atoms with Crippen LogP contribution in [0.4, 0.5) is 0 Å². The number of amides is 1. The fourth-order valence-electron chi connectivity index (χ4n) is 0.966. The minimum atomic E-state index is -0.798. The molecule has 0 saturated heterocycles. The zero-order valence-electron chi connectivity index (χ0n) is 6.49. The summed E-state index contributed by atoms with van der Waals surface area (Å²) < 4.78 is 0. The summed E-state index contributed by atoms with van der Waals surface area (Å²) in [5, 5.41) is 0. The van der Waals surface area contributed by atoms with Crippen LogP contribution in [-0.4, -0.2) is 11.7 Å². The van der Waals surface area contributed by atoms with Crippen molar-refractivity contribution in [2.75, 3.05) is 0 Å². The summed E-state index contributed by atoms with van der Waals surface area (Å²) in [5.74, 6) is -1.69. The summed E-state index contributed by atoms with van der Waals surface area (Å²) >= 11 is 0. The van der Waals surface area contributed by atoms with Gasteiger partial charge in [0, 0.05) is 0 Å². The van der Waals surface area contributed by atoms with E-state index < -0.39 is 11.8 Å². The van der Waals surface area contributed by atoms with Crippen molar-refractivity contribution < 1.29 is 9.59 Å². The van der Waals surface area contributed by atoms with Crippen LogP contribution in [0.1, 0.15) is 0 Å². The van der Waals surface area contributed by atoms with Crippen molar-refractivity contribution in [2.24, 2.45) is 11.7 Å². The van der Waals surface area contributed by atoms with Gasteiger partial charge in [-0.1, -0.05) is 24.8 Å². The molecule has 0 radical (unpaired) electrons. The fraction of sp³-hybridized carbons (Fsp3) is 0.111. The van der Waals surface area contributed by atoms with Crippen molar-refractivity contribution >= 4 is 11.7 Å². The van der Waals surface area contributed by atoms with Gasteiger partial charge in [0.05, 0.1) is 0 Å². The molecule has 12 heavy (non-hydrogen) atoms. The second kappa shape index (κ2) is 3.17. The molecular weight excluding hydrogens is 154 g/mol. The topological polar surface area (TPSA) is 60.2 Å². The maximum Gasteiger partial charge on any atom is 0.232 e. The van der Waals surface area contributed by atoms with Crippen molar-refractivity contribution in [3.63, 3.8) is 0 Å². The summed E-state index contributed by atoms with van der Waals surface area (Å²) in [6.45, 7) is 3.50. The van der Waals surface area contributed by atoms with Crippen molar-refractivity contribution in [3.8, 4) is 0 Å². The molecule has 0 aromatic heterocycles. The van der Waals surface area contributed by atoms with Crippen LogP contribution in [-0.2, 0) is 9.59 Å². The molecule has 1 amide bonds. The number of primary amides is 1. The number of hydrogen-bond acceptors (Lipinski definition) is 2. The predicted molar refractivity (Wildman–Crippen MR) is 45.1 cm³/mol. The lowest BCUT2D eigenvalue weighted by Gasteiger charge is -2.09. The molecule has 0 fully saturated rings. The number of rotatable bonds is 2.